The van der Waals surface area contributed by atoms with Crippen molar-refractivity contribution in [3.8, 4) is 0 Å². The minimum Gasteiger partial charge on any atom is -0.384 e. The smallest absolute Gasteiger partial charge is 0.130 e. The summed E-state index contributed by atoms with van der Waals surface area (Å²) in [5.74, 6) is 0.875. The fraction of sp³-hybridized carbons (Fsp3) is 0.154. The summed E-state index contributed by atoms with van der Waals surface area (Å²) in [7, 11) is 0. The number of hydrogen-bond donors (Lipinski definition) is 2. The summed E-state index contributed by atoms with van der Waals surface area (Å²) in [5, 5.41) is 6.65. The Kier molecular flexibility index (Phi) is 2.22. The summed E-state index contributed by atoms with van der Waals surface area (Å²) in [5.41, 5.74) is 3.71. The number of hydrogen-bond acceptors (Lipinski definition) is 3. The van der Waals surface area contributed by atoms with E-state index in [1.807, 2.05) is 18.2 Å². The Morgan fingerprint density at radius 2 is 2.19 bits per heavy atom. The van der Waals surface area contributed by atoms with Crippen LogP contribution in [0.25, 0.3) is 0 Å². The van der Waals surface area contributed by atoms with Gasteiger partial charge in [0.2, 0.25) is 0 Å². The lowest BCUT2D eigenvalue weighted by Crippen LogP contribution is -1.94. The van der Waals surface area contributed by atoms with Crippen LogP contribution in [0.5, 0.6) is 0 Å². The molecular formula is C13H13N3. The summed E-state index contributed by atoms with van der Waals surface area (Å²) < 4.78 is 0. The van der Waals surface area contributed by atoms with Crippen LogP contribution in [0.1, 0.15) is 5.56 Å². The predicted molar refractivity (Wildman–Crippen MR) is 66.2 cm³/mol. The van der Waals surface area contributed by atoms with Crippen molar-refractivity contribution in [2.45, 2.75) is 6.42 Å². The van der Waals surface area contributed by atoms with Crippen molar-refractivity contribution < 1.29 is 0 Å². The molecule has 3 nitrogen and oxygen atoms in total. The molecule has 0 radical (unpaired) electrons. The van der Waals surface area contributed by atoms with Gasteiger partial charge in [0.15, 0.2) is 0 Å². The highest BCUT2D eigenvalue weighted by Crippen LogP contribution is 2.26. The van der Waals surface area contributed by atoms with Gasteiger partial charge in [0.05, 0.1) is 0 Å². The summed E-state index contributed by atoms with van der Waals surface area (Å²) in [6, 6.07) is 12.2. The monoisotopic (exact) mass is 211 g/mol. The normalized spacial score (nSPS) is 13.0. The number of anilines is 3. The summed E-state index contributed by atoms with van der Waals surface area (Å²) in [6.07, 6.45) is 2.91. The van der Waals surface area contributed by atoms with E-state index in [4.69, 9.17) is 0 Å². The highest BCUT2D eigenvalue weighted by Gasteiger charge is 2.09. The third-order valence-corrected chi connectivity index (χ3v) is 2.76. The highest BCUT2D eigenvalue weighted by molar-refractivity contribution is 5.67. The van der Waals surface area contributed by atoms with Crippen LogP contribution >= 0.6 is 0 Å². The van der Waals surface area contributed by atoms with Crippen LogP contribution in [-0.4, -0.2) is 11.5 Å². The second-order valence-electron chi connectivity index (χ2n) is 3.89. The Balaban J connectivity index is 1.86. The maximum atomic E-state index is 4.24. The Labute approximate surface area is 94.5 Å². The Morgan fingerprint density at radius 1 is 1.19 bits per heavy atom. The molecule has 0 fully saturated rings. The van der Waals surface area contributed by atoms with Gasteiger partial charge in [0.25, 0.3) is 0 Å². The molecule has 0 saturated carbocycles. The van der Waals surface area contributed by atoms with E-state index in [0.29, 0.717) is 0 Å². The lowest BCUT2D eigenvalue weighted by atomic mass is 10.1. The van der Waals surface area contributed by atoms with Gasteiger partial charge in [-0.2, -0.15) is 0 Å². The lowest BCUT2D eigenvalue weighted by Gasteiger charge is -2.07. The summed E-state index contributed by atoms with van der Waals surface area (Å²) in [6.45, 7) is 1.04. The average molecular weight is 211 g/mol. The molecule has 0 saturated heterocycles. The highest BCUT2D eigenvalue weighted by atomic mass is 15.0. The maximum absolute atomic E-state index is 4.24. The van der Waals surface area contributed by atoms with Crippen LogP contribution < -0.4 is 10.6 Å². The number of aromatic nitrogens is 1. The van der Waals surface area contributed by atoms with Crippen molar-refractivity contribution >= 4 is 17.2 Å². The fourth-order valence-corrected chi connectivity index (χ4v) is 1.95. The molecule has 2 aromatic rings. The predicted octanol–water partition coefficient (Wildman–Crippen LogP) is 2.79. The molecular weight excluding hydrogens is 198 g/mol. The van der Waals surface area contributed by atoms with E-state index in [-0.39, 0.29) is 0 Å². The second kappa shape index (κ2) is 3.85. The average Bonchev–Trinajstić information content (AvgIpc) is 2.77. The summed E-state index contributed by atoms with van der Waals surface area (Å²) >= 11 is 0. The van der Waals surface area contributed by atoms with Gasteiger partial charge in [-0.1, -0.05) is 12.1 Å². The van der Waals surface area contributed by atoms with Crippen molar-refractivity contribution in [3.05, 3.63) is 48.2 Å². The van der Waals surface area contributed by atoms with Crippen molar-refractivity contribution in [3.63, 3.8) is 0 Å². The Morgan fingerprint density at radius 3 is 3.06 bits per heavy atom. The molecule has 0 aliphatic carbocycles. The van der Waals surface area contributed by atoms with Crippen molar-refractivity contribution in [2.24, 2.45) is 0 Å². The molecule has 3 rings (SSSR count). The molecule has 0 unspecified atom stereocenters. The van der Waals surface area contributed by atoms with E-state index in [1.165, 1.54) is 11.3 Å². The third kappa shape index (κ3) is 1.72. The van der Waals surface area contributed by atoms with Crippen LogP contribution in [-0.2, 0) is 6.42 Å². The number of fused-ring (bicyclic) bond motifs is 1. The van der Waals surface area contributed by atoms with Gasteiger partial charge in [-0.15, -0.1) is 0 Å². The molecule has 2 N–H and O–H groups in total. The Hall–Kier alpha value is -2.03. The van der Waals surface area contributed by atoms with Crippen LogP contribution in [0.2, 0.25) is 0 Å². The second-order valence-corrected chi connectivity index (χ2v) is 3.89. The molecule has 16 heavy (non-hydrogen) atoms. The quantitative estimate of drug-likeness (QED) is 0.802. The first-order chi connectivity index (χ1) is 7.92. The largest absolute Gasteiger partial charge is 0.384 e. The first-order valence-corrected chi connectivity index (χ1v) is 5.47. The van der Waals surface area contributed by atoms with Gasteiger partial charge >= 0.3 is 0 Å². The van der Waals surface area contributed by atoms with Gasteiger partial charge in [-0.25, -0.2) is 4.98 Å². The zero-order chi connectivity index (χ0) is 10.8. The third-order valence-electron chi connectivity index (χ3n) is 2.76. The van der Waals surface area contributed by atoms with Gasteiger partial charge < -0.3 is 10.6 Å². The minimum absolute atomic E-state index is 0.875. The molecule has 1 aliphatic rings. The van der Waals surface area contributed by atoms with Gasteiger partial charge in [0.1, 0.15) is 5.82 Å². The molecule has 2 heterocycles. The van der Waals surface area contributed by atoms with Gasteiger partial charge in [-0.05, 0) is 36.2 Å². The maximum Gasteiger partial charge on any atom is 0.130 e. The summed E-state index contributed by atoms with van der Waals surface area (Å²) in [4.78, 5) is 4.24. The van der Waals surface area contributed by atoms with E-state index >= 15 is 0 Å². The fourth-order valence-electron chi connectivity index (χ4n) is 1.95. The standard InChI is InChI=1S/C13H13N3/c1-2-7-15-13(3-1)16-11-5-4-10-6-8-14-12(10)9-11/h1-5,7,9,14H,6,8H2,(H,15,16). The molecule has 0 bridgehead atoms. The van der Waals surface area contributed by atoms with Crippen molar-refractivity contribution in [1.29, 1.82) is 0 Å². The molecule has 0 spiro atoms. The number of rotatable bonds is 2. The van der Waals surface area contributed by atoms with E-state index in [9.17, 15) is 0 Å². The SMILES string of the molecule is c1ccc(Nc2ccc3c(c2)NCC3)nc1. The lowest BCUT2D eigenvalue weighted by molar-refractivity contribution is 1.11. The molecule has 1 aliphatic heterocycles. The number of nitrogens with zero attached hydrogens (tertiary/aromatic N) is 1. The molecule has 0 amide bonds. The van der Waals surface area contributed by atoms with Crippen LogP contribution in [0.4, 0.5) is 17.2 Å². The van der Waals surface area contributed by atoms with Gasteiger partial charge in [-0.3, -0.25) is 0 Å². The molecule has 1 aromatic heterocycles. The zero-order valence-electron chi connectivity index (χ0n) is 8.90. The van der Waals surface area contributed by atoms with Crippen LogP contribution in [0.3, 0.4) is 0 Å². The number of benzene rings is 1. The van der Waals surface area contributed by atoms with E-state index in [0.717, 1.165) is 24.5 Å². The Bertz CT molecular complexity index is 494. The van der Waals surface area contributed by atoms with E-state index < -0.39 is 0 Å². The van der Waals surface area contributed by atoms with E-state index in [1.54, 1.807) is 6.20 Å². The van der Waals surface area contributed by atoms with Crippen LogP contribution in [0, 0.1) is 0 Å². The topological polar surface area (TPSA) is 37.0 Å². The first-order valence-electron chi connectivity index (χ1n) is 5.47. The molecule has 0 atom stereocenters. The van der Waals surface area contributed by atoms with Crippen molar-refractivity contribution in [1.82, 2.24) is 4.98 Å². The number of nitrogens with one attached hydrogen (secondary N) is 2. The van der Waals surface area contributed by atoms with E-state index in [2.05, 4.69) is 33.8 Å². The van der Waals surface area contributed by atoms with Gasteiger partial charge in [0, 0.05) is 24.1 Å². The number of pyridine rings is 1. The zero-order valence-corrected chi connectivity index (χ0v) is 8.90. The first kappa shape index (κ1) is 9.21. The molecule has 1 aromatic carbocycles. The van der Waals surface area contributed by atoms with Crippen LogP contribution in [0.15, 0.2) is 42.6 Å². The molecule has 80 valence electrons. The van der Waals surface area contributed by atoms with Crippen molar-refractivity contribution in [2.75, 3.05) is 17.2 Å². The molecule has 3 heteroatoms. The minimum atomic E-state index is 0.875.